The number of carboxylic acids is 1. The van der Waals surface area contributed by atoms with Gasteiger partial charge in [-0.05, 0) is 111 Å². The van der Waals surface area contributed by atoms with Gasteiger partial charge in [-0.2, -0.15) is 13.2 Å². The number of alkyl halides is 3. The van der Waals surface area contributed by atoms with E-state index in [1.807, 2.05) is 0 Å². The first-order valence-corrected chi connectivity index (χ1v) is 15.6. The molecule has 0 radical (unpaired) electrons. The molecule has 9 nitrogen and oxygen atoms in total. The van der Waals surface area contributed by atoms with Crippen LogP contribution < -0.4 is 16.2 Å². The summed E-state index contributed by atoms with van der Waals surface area (Å²) in [7, 11) is 3.21. The number of pyridine rings is 1. The van der Waals surface area contributed by atoms with Gasteiger partial charge in [0, 0.05) is 18.7 Å². The number of aryl methyl sites for hydroxylation is 3. The Balaban J connectivity index is 2.02. The number of rotatable bonds is 13. The van der Waals surface area contributed by atoms with E-state index in [1.165, 1.54) is 31.2 Å². The molecule has 2 amide bonds. The summed E-state index contributed by atoms with van der Waals surface area (Å²) in [5.74, 6) is -4.85. The first kappa shape index (κ1) is 38.9. The molecule has 0 saturated heterocycles. The van der Waals surface area contributed by atoms with Gasteiger partial charge in [0.1, 0.15) is 28.9 Å². The third-order valence-electron chi connectivity index (χ3n) is 7.95. The zero-order chi connectivity index (χ0) is 37.0. The lowest BCUT2D eigenvalue weighted by Gasteiger charge is -2.25. The van der Waals surface area contributed by atoms with E-state index in [0.717, 1.165) is 6.07 Å². The molecule has 2 atom stereocenters. The maximum absolute atomic E-state index is 15.7. The lowest BCUT2D eigenvalue weighted by Crippen LogP contribution is -2.50. The molecule has 49 heavy (non-hydrogen) atoms. The van der Waals surface area contributed by atoms with Gasteiger partial charge in [0.2, 0.25) is 5.91 Å². The molecule has 1 aromatic heterocycles. The number of nitrogens with one attached hydrogen (secondary N) is 2. The predicted octanol–water partition coefficient (Wildman–Crippen LogP) is 5.78. The van der Waals surface area contributed by atoms with Gasteiger partial charge in [-0.25, -0.2) is 8.78 Å². The summed E-state index contributed by atoms with van der Waals surface area (Å²) < 4.78 is 71.3. The molecule has 3 aromatic rings. The lowest BCUT2D eigenvalue weighted by atomic mass is 9.90. The number of aromatic nitrogens is 1. The van der Waals surface area contributed by atoms with Crippen LogP contribution in [0.1, 0.15) is 71.0 Å². The SMILES string of the molecule is Cc1cc(-c2c(C)cc(F)cc2C)cc([C@H](CC(=O)O)NC(=O)[C@H](CC(C)C)NC(=O)c2ccc(C(F)(F)F)n(CCN(C)C)c2=O)c1F. The molecule has 266 valence electrons. The van der Waals surface area contributed by atoms with Crippen molar-refractivity contribution in [1.82, 2.24) is 20.1 Å². The van der Waals surface area contributed by atoms with Crippen LogP contribution in [0.15, 0.2) is 41.2 Å². The highest BCUT2D eigenvalue weighted by molar-refractivity contribution is 5.97. The molecular formula is C35H41F5N4O5. The maximum atomic E-state index is 15.7. The van der Waals surface area contributed by atoms with Crippen LogP contribution in [-0.2, 0) is 22.3 Å². The summed E-state index contributed by atoms with van der Waals surface area (Å²) in [6.07, 6.45) is -5.63. The molecule has 0 spiro atoms. The van der Waals surface area contributed by atoms with Crippen molar-refractivity contribution < 1.29 is 41.4 Å². The number of hydrogen-bond acceptors (Lipinski definition) is 5. The van der Waals surface area contributed by atoms with Crippen molar-refractivity contribution in [2.75, 3.05) is 20.6 Å². The average molecular weight is 693 g/mol. The first-order chi connectivity index (χ1) is 22.7. The molecule has 0 aliphatic heterocycles. The standard InChI is InChI=1S/C35H41F5N4O5/c1-18(2)12-27(42-32(47)24-8-9-28(35(38,39)40)44(34(24)49)11-10-43(6)7)33(48)41-26(17-29(45)46)25-16-22(13-21(5)31(25)37)30-19(3)14-23(36)15-20(30)4/h8-9,13-16,18,26-27H,10-12,17H2,1-7H3,(H,41,48)(H,42,47)(H,45,46)/t26-,27-/m0/s1. The van der Waals surface area contributed by atoms with E-state index >= 15 is 4.39 Å². The van der Waals surface area contributed by atoms with Gasteiger partial charge < -0.3 is 25.2 Å². The van der Waals surface area contributed by atoms with Gasteiger partial charge >= 0.3 is 12.1 Å². The Labute approximate surface area is 281 Å². The van der Waals surface area contributed by atoms with Crippen LogP contribution in [0.25, 0.3) is 11.1 Å². The second kappa shape index (κ2) is 15.7. The normalized spacial score (nSPS) is 13.0. The van der Waals surface area contributed by atoms with Crippen LogP contribution in [0.5, 0.6) is 0 Å². The van der Waals surface area contributed by atoms with Crippen molar-refractivity contribution in [2.24, 2.45) is 5.92 Å². The molecule has 0 aliphatic rings. The highest BCUT2D eigenvalue weighted by Crippen LogP contribution is 2.34. The highest BCUT2D eigenvalue weighted by atomic mass is 19.4. The topological polar surface area (TPSA) is 121 Å². The monoisotopic (exact) mass is 692 g/mol. The van der Waals surface area contributed by atoms with Crippen molar-refractivity contribution in [3.05, 3.63) is 91.9 Å². The second-order valence-electron chi connectivity index (χ2n) is 12.8. The van der Waals surface area contributed by atoms with Crippen LogP contribution in [0, 0.1) is 38.3 Å². The predicted molar refractivity (Wildman–Crippen MR) is 174 cm³/mol. The molecule has 1 heterocycles. The smallest absolute Gasteiger partial charge is 0.431 e. The number of amides is 2. The van der Waals surface area contributed by atoms with Crippen molar-refractivity contribution in [2.45, 2.75) is 72.3 Å². The van der Waals surface area contributed by atoms with Gasteiger partial charge in [-0.15, -0.1) is 0 Å². The Bertz CT molecular complexity index is 1760. The molecule has 3 N–H and O–H groups in total. The van der Waals surface area contributed by atoms with E-state index < -0.39 is 70.9 Å². The second-order valence-corrected chi connectivity index (χ2v) is 12.8. The molecule has 14 heteroatoms. The minimum absolute atomic E-state index is 0.0116. The zero-order valence-corrected chi connectivity index (χ0v) is 28.4. The van der Waals surface area contributed by atoms with Crippen molar-refractivity contribution in [3.63, 3.8) is 0 Å². The van der Waals surface area contributed by atoms with Gasteiger partial charge in [-0.1, -0.05) is 13.8 Å². The largest absolute Gasteiger partial charge is 0.481 e. The zero-order valence-electron chi connectivity index (χ0n) is 28.4. The average Bonchev–Trinajstić information content (AvgIpc) is 2.95. The first-order valence-electron chi connectivity index (χ1n) is 15.6. The van der Waals surface area contributed by atoms with Crippen molar-refractivity contribution in [1.29, 1.82) is 0 Å². The fourth-order valence-corrected chi connectivity index (χ4v) is 5.71. The Morgan fingerprint density at radius 3 is 2.08 bits per heavy atom. The van der Waals surface area contributed by atoms with Crippen LogP contribution in [-0.4, -0.2) is 59.0 Å². The number of halogens is 5. The molecular weight excluding hydrogens is 651 g/mol. The van der Waals surface area contributed by atoms with Crippen molar-refractivity contribution >= 4 is 17.8 Å². The number of carbonyl (C=O) groups excluding carboxylic acids is 2. The van der Waals surface area contributed by atoms with Crippen LogP contribution in [0.2, 0.25) is 0 Å². The van der Waals surface area contributed by atoms with E-state index in [9.17, 15) is 41.8 Å². The third kappa shape index (κ3) is 9.74. The third-order valence-corrected chi connectivity index (χ3v) is 7.95. The Morgan fingerprint density at radius 2 is 1.55 bits per heavy atom. The minimum Gasteiger partial charge on any atom is -0.481 e. The van der Waals surface area contributed by atoms with Gasteiger partial charge in [0.05, 0.1) is 12.5 Å². The number of carboxylic acid groups (broad SMARTS) is 1. The Morgan fingerprint density at radius 1 is 0.939 bits per heavy atom. The summed E-state index contributed by atoms with van der Waals surface area (Å²) in [4.78, 5) is 53.7. The van der Waals surface area contributed by atoms with Crippen LogP contribution >= 0.6 is 0 Å². The van der Waals surface area contributed by atoms with Crippen LogP contribution in [0.3, 0.4) is 0 Å². The van der Waals surface area contributed by atoms with E-state index in [2.05, 4.69) is 10.6 Å². The van der Waals surface area contributed by atoms with E-state index in [4.69, 9.17) is 0 Å². The number of likely N-dealkylation sites (N-methyl/N-ethyl adjacent to an activating group) is 1. The number of hydrogen-bond donors (Lipinski definition) is 3. The Hall–Kier alpha value is -4.59. The van der Waals surface area contributed by atoms with Gasteiger partial charge in [-0.3, -0.25) is 19.2 Å². The number of benzene rings is 2. The summed E-state index contributed by atoms with van der Waals surface area (Å²) >= 11 is 0. The van der Waals surface area contributed by atoms with E-state index in [-0.39, 0.29) is 36.6 Å². The van der Waals surface area contributed by atoms with Gasteiger partial charge in [0.25, 0.3) is 11.5 Å². The van der Waals surface area contributed by atoms with E-state index in [0.29, 0.717) is 32.9 Å². The Kier molecular flexibility index (Phi) is 12.5. The summed E-state index contributed by atoms with van der Waals surface area (Å²) in [5.41, 5.74) is -0.923. The van der Waals surface area contributed by atoms with Gasteiger partial charge in [0.15, 0.2) is 0 Å². The van der Waals surface area contributed by atoms with Crippen molar-refractivity contribution in [3.8, 4) is 11.1 Å². The molecule has 0 saturated carbocycles. The quantitative estimate of drug-likeness (QED) is 0.196. The molecule has 0 bridgehead atoms. The number of nitrogens with zero attached hydrogens (tertiary/aromatic N) is 2. The summed E-state index contributed by atoms with van der Waals surface area (Å²) in [6.45, 7) is 7.97. The fourth-order valence-electron chi connectivity index (χ4n) is 5.71. The molecule has 0 aliphatic carbocycles. The lowest BCUT2D eigenvalue weighted by molar-refractivity contribution is -0.144. The summed E-state index contributed by atoms with van der Waals surface area (Å²) in [5, 5.41) is 14.7. The summed E-state index contributed by atoms with van der Waals surface area (Å²) in [6, 6.07) is 4.09. The maximum Gasteiger partial charge on any atom is 0.431 e. The molecule has 0 fully saturated rings. The number of aliphatic carboxylic acids is 1. The number of carbonyl (C=O) groups is 3. The van der Waals surface area contributed by atoms with Crippen LogP contribution in [0.4, 0.5) is 22.0 Å². The molecule has 0 unspecified atom stereocenters. The molecule has 3 rings (SSSR count). The fraction of sp³-hybridized carbons (Fsp3) is 0.429. The highest BCUT2D eigenvalue weighted by Gasteiger charge is 2.36. The minimum atomic E-state index is -4.88. The van der Waals surface area contributed by atoms with E-state index in [1.54, 1.807) is 46.7 Å². The molecule has 2 aromatic carbocycles.